The van der Waals surface area contributed by atoms with Gasteiger partial charge in [-0.2, -0.15) is 0 Å². The minimum absolute atomic E-state index is 0.0392. The van der Waals surface area contributed by atoms with Gasteiger partial charge in [0, 0.05) is 27.9 Å². The first-order valence-electron chi connectivity index (χ1n) is 10.7. The van der Waals surface area contributed by atoms with Gasteiger partial charge in [-0.15, -0.1) is 11.8 Å². The topological polar surface area (TPSA) is 49.4 Å². The van der Waals surface area contributed by atoms with Crippen LogP contribution in [0.1, 0.15) is 26.2 Å². The Morgan fingerprint density at radius 3 is 2.10 bits per heavy atom. The molecule has 1 aliphatic carbocycles. The van der Waals surface area contributed by atoms with E-state index in [2.05, 4.69) is 5.32 Å². The second-order valence-electron chi connectivity index (χ2n) is 7.65. The Morgan fingerprint density at radius 2 is 1.55 bits per heavy atom. The van der Waals surface area contributed by atoms with E-state index in [0.717, 1.165) is 34.8 Å². The van der Waals surface area contributed by atoms with Crippen LogP contribution in [0.4, 0.5) is 17.1 Å². The third kappa shape index (κ3) is 5.36. The highest BCUT2D eigenvalue weighted by Gasteiger charge is 2.30. The van der Waals surface area contributed by atoms with Crippen LogP contribution in [0, 0.1) is 5.92 Å². The molecule has 3 aromatic carbocycles. The number of hydrogen-bond donors (Lipinski definition) is 1. The maximum Gasteiger partial charge on any atom is 0.245 e. The molecule has 1 unspecified atom stereocenters. The third-order valence-electron chi connectivity index (χ3n) is 5.22. The number of carbonyl (C=O) groups excluding carboxylic acids is 2. The van der Waals surface area contributed by atoms with Gasteiger partial charge in [-0.1, -0.05) is 49.4 Å². The molecule has 0 radical (unpaired) electrons. The van der Waals surface area contributed by atoms with Crippen LogP contribution in [0.5, 0.6) is 0 Å². The monoisotopic (exact) mass is 430 g/mol. The van der Waals surface area contributed by atoms with Gasteiger partial charge in [-0.05, 0) is 61.7 Å². The van der Waals surface area contributed by atoms with Gasteiger partial charge < -0.3 is 5.32 Å². The summed E-state index contributed by atoms with van der Waals surface area (Å²) < 4.78 is 0. The van der Waals surface area contributed by atoms with Gasteiger partial charge >= 0.3 is 0 Å². The molecule has 31 heavy (non-hydrogen) atoms. The van der Waals surface area contributed by atoms with Crippen LogP contribution in [0.2, 0.25) is 0 Å². The summed E-state index contributed by atoms with van der Waals surface area (Å²) in [7, 11) is 0. The van der Waals surface area contributed by atoms with Gasteiger partial charge in [-0.3, -0.25) is 14.5 Å². The molecule has 1 aliphatic rings. The first kappa shape index (κ1) is 21.2. The maximum atomic E-state index is 13.7. The molecule has 2 amide bonds. The van der Waals surface area contributed by atoms with E-state index in [-0.39, 0.29) is 23.0 Å². The second-order valence-corrected chi connectivity index (χ2v) is 8.93. The van der Waals surface area contributed by atoms with E-state index in [1.54, 1.807) is 4.90 Å². The molecule has 1 fully saturated rings. The average Bonchev–Trinajstić information content (AvgIpc) is 3.65. The van der Waals surface area contributed by atoms with E-state index in [9.17, 15) is 9.59 Å². The lowest BCUT2D eigenvalue weighted by molar-refractivity contribution is -0.118. The normalized spacial score (nSPS) is 14.0. The number of hydrogen-bond acceptors (Lipinski definition) is 3. The fraction of sp³-hybridized carbons (Fsp3) is 0.231. The molecule has 0 bridgehead atoms. The van der Waals surface area contributed by atoms with Crippen molar-refractivity contribution in [3.63, 3.8) is 0 Å². The van der Waals surface area contributed by atoms with Crippen LogP contribution in [-0.4, -0.2) is 17.1 Å². The number of nitrogens with zero attached hydrogens (tertiary/aromatic N) is 1. The van der Waals surface area contributed by atoms with Gasteiger partial charge in [-0.25, -0.2) is 0 Å². The predicted octanol–water partition coefficient (Wildman–Crippen LogP) is 6.27. The van der Waals surface area contributed by atoms with Crippen LogP contribution in [0.3, 0.4) is 0 Å². The van der Waals surface area contributed by atoms with E-state index in [4.69, 9.17) is 0 Å². The van der Waals surface area contributed by atoms with Gasteiger partial charge in [0.15, 0.2) is 0 Å². The quantitative estimate of drug-likeness (QED) is 0.429. The Balaban J connectivity index is 1.55. The van der Waals surface area contributed by atoms with Crippen molar-refractivity contribution in [1.29, 1.82) is 0 Å². The van der Waals surface area contributed by atoms with E-state index in [1.807, 2.05) is 91.9 Å². The summed E-state index contributed by atoms with van der Waals surface area (Å²) in [4.78, 5) is 28.5. The van der Waals surface area contributed by atoms with Gasteiger partial charge in [0.25, 0.3) is 0 Å². The summed E-state index contributed by atoms with van der Waals surface area (Å²) in [5, 5.41) is 2.74. The summed E-state index contributed by atoms with van der Waals surface area (Å²) >= 11 is 1.54. The van der Waals surface area contributed by atoms with Crippen molar-refractivity contribution in [2.24, 2.45) is 5.92 Å². The number of anilines is 3. The number of amides is 2. The highest BCUT2D eigenvalue weighted by molar-refractivity contribution is 8.00. The van der Waals surface area contributed by atoms with Crippen molar-refractivity contribution in [2.45, 2.75) is 36.3 Å². The molecule has 5 heteroatoms. The first-order valence-corrected chi connectivity index (χ1v) is 11.6. The fourth-order valence-electron chi connectivity index (χ4n) is 3.41. The van der Waals surface area contributed by atoms with Crippen molar-refractivity contribution in [3.05, 3.63) is 84.9 Å². The predicted molar refractivity (Wildman–Crippen MR) is 128 cm³/mol. The number of thioether (sulfide) groups is 1. The van der Waals surface area contributed by atoms with Crippen molar-refractivity contribution in [1.82, 2.24) is 0 Å². The SMILES string of the molecule is CCC(Sc1cccc(NC(=O)C2CC2)c1)C(=O)N(c1ccccc1)c1ccccc1. The molecule has 1 saturated carbocycles. The van der Waals surface area contributed by atoms with E-state index in [1.165, 1.54) is 11.8 Å². The minimum atomic E-state index is -0.255. The lowest BCUT2D eigenvalue weighted by Crippen LogP contribution is -2.34. The van der Waals surface area contributed by atoms with Crippen LogP contribution in [-0.2, 0) is 9.59 Å². The van der Waals surface area contributed by atoms with Gasteiger partial charge in [0.1, 0.15) is 0 Å². The van der Waals surface area contributed by atoms with Crippen molar-refractivity contribution < 1.29 is 9.59 Å². The van der Waals surface area contributed by atoms with E-state index >= 15 is 0 Å². The molecule has 1 atom stereocenters. The van der Waals surface area contributed by atoms with E-state index in [0.29, 0.717) is 6.42 Å². The zero-order chi connectivity index (χ0) is 21.6. The number of rotatable bonds is 8. The highest BCUT2D eigenvalue weighted by Crippen LogP contribution is 2.34. The number of carbonyl (C=O) groups is 2. The zero-order valence-corrected chi connectivity index (χ0v) is 18.3. The standard InChI is InChI=1S/C26H26N2O2S/c1-2-24(31-23-15-9-10-20(18-23)27-25(29)19-16-17-19)26(30)28(21-11-5-3-6-12-21)22-13-7-4-8-14-22/h3-15,18-19,24H,2,16-17H2,1H3,(H,27,29). The molecule has 158 valence electrons. The van der Waals surface area contributed by atoms with Crippen LogP contribution in [0.25, 0.3) is 0 Å². The van der Waals surface area contributed by atoms with E-state index < -0.39 is 0 Å². The summed E-state index contributed by atoms with van der Waals surface area (Å²) in [5.41, 5.74) is 2.48. The van der Waals surface area contributed by atoms with Crippen LogP contribution in [0.15, 0.2) is 89.8 Å². The van der Waals surface area contributed by atoms with Crippen LogP contribution < -0.4 is 10.2 Å². The lowest BCUT2D eigenvalue weighted by Gasteiger charge is -2.27. The highest BCUT2D eigenvalue weighted by atomic mass is 32.2. The molecule has 1 N–H and O–H groups in total. The molecule has 3 aromatic rings. The number of para-hydroxylation sites is 2. The van der Waals surface area contributed by atoms with Crippen molar-refractivity contribution in [2.75, 3.05) is 10.2 Å². The Kier molecular flexibility index (Phi) is 6.73. The molecule has 0 heterocycles. The van der Waals surface area contributed by atoms with Crippen molar-refractivity contribution in [3.8, 4) is 0 Å². The summed E-state index contributed by atoms with van der Waals surface area (Å²) in [6, 6.07) is 27.3. The minimum Gasteiger partial charge on any atom is -0.326 e. The first-order chi connectivity index (χ1) is 15.2. The number of benzene rings is 3. The second kappa shape index (κ2) is 9.84. The molecule has 0 aliphatic heterocycles. The Labute approximate surface area is 187 Å². The Hall–Kier alpha value is -3.05. The lowest BCUT2D eigenvalue weighted by atomic mass is 10.2. The molecule has 4 nitrogen and oxygen atoms in total. The third-order valence-corrected chi connectivity index (χ3v) is 6.57. The number of nitrogens with one attached hydrogen (secondary N) is 1. The largest absolute Gasteiger partial charge is 0.326 e. The maximum absolute atomic E-state index is 13.7. The molecular formula is C26H26N2O2S. The molecule has 4 rings (SSSR count). The smallest absolute Gasteiger partial charge is 0.245 e. The van der Waals surface area contributed by atoms with Gasteiger partial charge in [0.05, 0.1) is 5.25 Å². The average molecular weight is 431 g/mol. The van der Waals surface area contributed by atoms with Crippen LogP contribution >= 0.6 is 11.8 Å². The molecular weight excluding hydrogens is 404 g/mol. The molecule has 0 saturated heterocycles. The zero-order valence-electron chi connectivity index (χ0n) is 17.5. The molecule has 0 aromatic heterocycles. The Morgan fingerprint density at radius 1 is 0.935 bits per heavy atom. The summed E-state index contributed by atoms with van der Waals surface area (Å²) in [6.45, 7) is 2.03. The molecule has 0 spiro atoms. The fourth-order valence-corrected chi connectivity index (χ4v) is 4.46. The van der Waals surface area contributed by atoms with Gasteiger partial charge in [0.2, 0.25) is 11.8 Å². The van der Waals surface area contributed by atoms with Crippen molar-refractivity contribution >= 4 is 40.6 Å². The Bertz CT molecular complexity index is 996. The summed E-state index contributed by atoms with van der Waals surface area (Å²) in [6.07, 6.45) is 2.64. The summed E-state index contributed by atoms with van der Waals surface area (Å²) in [5.74, 6) is 0.286.